The largest absolute Gasteiger partial charge is 0.351 e. The number of hydrogen-bond acceptors (Lipinski definition) is 5. The van der Waals surface area contributed by atoms with Crippen molar-refractivity contribution in [3.05, 3.63) is 106 Å². The molecule has 0 atom stereocenters. The molecule has 4 aromatic rings. The second-order valence-electron chi connectivity index (χ2n) is 9.38. The Labute approximate surface area is 232 Å². The van der Waals surface area contributed by atoms with Gasteiger partial charge in [-0.05, 0) is 86.5 Å². The molecule has 0 fully saturated rings. The summed E-state index contributed by atoms with van der Waals surface area (Å²) < 4.78 is 39.9. The van der Waals surface area contributed by atoms with Gasteiger partial charge in [0.2, 0.25) is 0 Å². The molecule has 1 aromatic heterocycles. The summed E-state index contributed by atoms with van der Waals surface area (Å²) in [6.07, 6.45) is 0.461. The van der Waals surface area contributed by atoms with Crippen LogP contribution in [0.2, 0.25) is 0 Å². The number of halogens is 3. The third-order valence-electron chi connectivity index (χ3n) is 5.88. The molecular weight excluding hydrogens is 541 g/mol. The number of thiazole rings is 1. The minimum Gasteiger partial charge on any atom is -0.351 e. The fourth-order valence-corrected chi connectivity index (χ4v) is 4.55. The van der Waals surface area contributed by atoms with E-state index in [1.807, 2.05) is 0 Å². The maximum absolute atomic E-state index is 13.5. The molecule has 3 aromatic carbocycles. The molecule has 0 unspecified atom stereocenters. The van der Waals surface area contributed by atoms with Gasteiger partial charge in [0.1, 0.15) is 27.9 Å². The van der Waals surface area contributed by atoms with Gasteiger partial charge < -0.3 is 10.6 Å². The monoisotopic (exact) mass is 566 g/mol. The van der Waals surface area contributed by atoms with Crippen molar-refractivity contribution in [2.45, 2.75) is 25.8 Å². The van der Waals surface area contributed by atoms with Crippen molar-refractivity contribution in [1.29, 1.82) is 0 Å². The van der Waals surface area contributed by atoms with Crippen molar-refractivity contribution >= 4 is 34.2 Å². The lowest BCUT2D eigenvalue weighted by Crippen LogP contribution is -2.52. The van der Waals surface area contributed by atoms with E-state index in [9.17, 15) is 27.6 Å². The van der Waals surface area contributed by atoms with Gasteiger partial charge in [-0.15, -0.1) is 0 Å². The Morgan fingerprint density at radius 3 is 1.95 bits per heavy atom. The van der Waals surface area contributed by atoms with Crippen molar-refractivity contribution in [3.8, 4) is 11.3 Å². The summed E-state index contributed by atoms with van der Waals surface area (Å²) in [6, 6.07) is 16.2. The molecule has 1 heterocycles. The fraction of sp³-hybridized carbons (Fsp3) is 0.172. The van der Waals surface area contributed by atoms with Gasteiger partial charge in [-0.2, -0.15) is 0 Å². The first-order chi connectivity index (χ1) is 19.0. The van der Waals surface area contributed by atoms with Crippen LogP contribution in [0.4, 0.5) is 18.3 Å². The van der Waals surface area contributed by atoms with E-state index in [4.69, 9.17) is 0 Å². The standard InChI is InChI=1S/C29H25F3N4O3S/c1-29(2,36-25(37)19-7-13-22(32)14-8-19)27(39)35-28-34-23(18-5-11-21(31)12-6-18)24(40-28)26(38)33-16-15-17-3-9-20(30)10-4-17/h3-14H,15-16H2,1-2H3,(H,33,38)(H,36,37)(H,34,35,39). The maximum atomic E-state index is 13.5. The van der Waals surface area contributed by atoms with Crippen LogP contribution >= 0.6 is 11.3 Å². The van der Waals surface area contributed by atoms with Crippen molar-refractivity contribution in [3.63, 3.8) is 0 Å². The number of anilines is 1. The van der Waals surface area contributed by atoms with Crippen LogP contribution in [0.3, 0.4) is 0 Å². The van der Waals surface area contributed by atoms with E-state index in [0.717, 1.165) is 29.0 Å². The number of rotatable bonds is 9. The van der Waals surface area contributed by atoms with E-state index >= 15 is 0 Å². The first-order valence-corrected chi connectivity index (χ1v) is 13.0. The van der Waals surface area contributed by atoms with Gasteiger partial charge >= 0.3 is 0 Å². The number of aromatic nitrogens is 1. The summed E-state index contributed by atoms with van der Waals surface area (Å²) in [5.74, 6) is -2.95. The number of nitrogens with one attached hydrogen (secondary N) is 3. The zero-order chi connectivity index (χ0) is 28.9. The van der Waals surface area contributed by atoms with Gasteiger partial charge in [-0.1, -0.05) is 23.5 Å². The Morgan fingerprint density at radius 2 is 1.35 bits per heavy atom. The summed E-state index contributed by atoms with van der Waals surface area (Å²) in [7, 11) is 0. The highest BCUT2D eigenvalue weighted by molar-refractivity contribution is 7.18. The third kappa shape index (κ3) is 7.11. The van der Waals surface area contributed by atoms with Crippen LogP contribution in [0.15, 0.2) is 72.8 Å². The Kier molecular flexibility index (Phi) is 8.64. The fourth-order valence-electron chi connectivity index (χ4n) is 3.65. The van der Waals surface area contributed by atoms with E-state index in [-0.39, 0.29) is 33.6 Å². The second-order valence-corrected chi connectivity index (χ2v) is 10.4. The summed E-state index contributed by atoms with van der Waals surface area (Å²) in [6.45, 7) is 3.23. The molecule has 0 aliphatic carbocycles. The molecular formula is C29H25F3N4O3S. The molecule has 0 spiro atoms. The predicted molar refractivity (Wildman–Crippen MR) is 147 cm³/mol. The molecule has 40 heavy (non-hydrogen) atoms. The van der Waals surface area contributed by atoms with Gasteiger partial charge in [0, 0.05) is 17.7 Å². The summed E-state index contributed by atoms with van der Waals surface area (Å²) in [5, 5.41) is 8.13. The maximum Gasteiger partial charge on any atom is 0.263 e. The highest BCUT2D eigenvalue weighted by Gasteiger charge is 2.31. The average Bonchev–Trinajstić information content (AvgIpc) is 3.34. The van der Waals surface area contributed by atoms with Crippen molar-refractivity contribution in [1.82, 2.24) is 15.6 Å². The molecule has 3 N–H and O–H groups in total. The van der Waals surface area contributed by atoms with Crippen LogP contribution in [0, 0.1) is 17.5 Å². The molecule has 0 aliphatic rings. The van der Waals surface area contributed by atoms with Gasteiger partial charge in [0.15, 0.2) is 5.13 Å². The summed E-state index contributed by atoms with van der Waals surface area (Å²) in [4.78, 5) is 43.4. The Bertz CT molecular complexity index is 1520. The predicted octanol–water partition coefficient (Wildman–Crippen LogP) is 5.35. The van der Waals surface area contributed by atoms with Crippen molar-refractivity contribution in [2.24, 2.45) is 0 Å². The minimum absolute atomic E-state index is 0.0946. The summed E-state index contributed by atoms with van der Waals surface area (Å²) >= 11 is 0.923. The number of hydrogen-bond donors (Lipinski definition) is 3. The van der Waals surface area contributed by atoms with Crippen LogP contribution in [-0.2, 0) is 11.2 Å². The molecule has 7 nitrogen and oxygen atoms in total. The topological polar surface area (TPSA) is 100 Å². The van der Waals surface area contributed by atoms with E-state index in [0.29, 0.717) is 12.0 Å². The Balaban J connectivity index is 1.50. The van der Waals surface area contributed by atoms with Gasteiger partial charge in [0.25, 0.3) is 17.7 Å². The third-order valence-corrected chi connectivity index (χ3v) is 6.85. The van der Waals surface area contributed by atoms with Gasteiger partial charge in [-0.3, -0.25) is 19.7 Å². The van der Waals surface area contributed by atoms with Gasteiger partial charge in [-0.25, -0.2) is 18.2 Å². The first-order valence-electron chi connectivity index (χ1n) is 12.2. The molecule has 0 aliphatic heterocycles. The summed E-state index contributed by atoms with van der Waals surface area (Å²) in [5.41, 5.74) is 0.320. The lowest BCUT2D eigenvalue weighted by atomic mass is 10.0. The molecule has 0 saturated carbocycles. The Morgan fingerprint density at radius 1 is 0.800 bits per heavy atom. The van der Waals surface area contributed by atoms with E-state index in [1.54, 1.807) is 12.1 Å². The van der Waals surface area contributed by atoms with Crippen LogP contribution in [-0.4, -0.2) is 34.8 Å². The number of carbonyl (C=O) groups is 3. The zero-order valence-electron chi connectivity index (χ0n) is 21.6. The molecule has 11 heteroatoms. The number of amides is 3. The van der Waals surface area contributed by atoms with E-state index < -0.39 is 34.9 Å². The smallest absolute Gasteiger partial charge is 0.263 e. The number of carbonyl (C=O) groups excluding carboxylic acids is 3. The van der Waals surface area contributed by atoms with Crippen LogP contribution in [0.5, 0.6) is 0 Å². The van der Waals surface area contributed by atoms with Gasteiger partial charge in [0.05, 0.1) is 5.69 Å². The van der Waals surface area contributed by atoms with Crippen molar-refractivity contribution in [2.75, 3.05) is 11.9 Å². The molecule has 0 saturated heterocycles. The number of nitrogens with zero attached hydrogens (tertiary/aromatic N) is 1. The van der Waals surface area contributed by atoms with Crippen LogP contribution in [0.1, 0.15) is 39.4 Å². The second kappa shape index (κ2) is 12.1. The Hall–Kier alpha value is -4.51. The van der Waals surface area contributed by atoms with Crippen LogP contribution < -0.4 is 16.0 Å². The molecule has 3 amide bonds. The minimum atomic E-state index is -1.40. The highest BCUT2D eigenvalue weighted by atomic mass is 32.1. The quantitative estimate of drug-likeness (QED) is 0.254. The van der Waals surface area contributed by atoms with E-state index in [2.05, 4.69) is 20.9 Å². The molecule has 0 bridgehead atoms. The van der Waals surface area contributed by atoms with Crippen molar-refractivity contribution < 1.29 is 27.6 Å². The average molecular weight is 567 g/mol. The first kappa shape index (κ1) is 28.5. The lowest BCUT2D eigenvalue weighted by Gasteiger charge is -2.24. The van der Waals surface area contributed by atoms with E-state index in [1.165, 1.54) is 62.4 Å². The molecule has 0 radical (unpaired) electrons. The van der Waals surface area contributed by atoms with Crippen LogP contribution in [0.25, 0.3) is 11.3 Å². The SMILES string of the molecule is CC(C)(NC(=O)c1ccc(F)cc1)C(=O)Nc1nc(-c2ccc(F)cc2)c(C(=O)NCCc2ccc(F)cc2)s1. The highest BCUT2D eigenvalue weighted by Crippen LogP contribution is 2.32. The molecule has 4 rings (SSSR count). The molecule has 206 valence electrons. The lowest BCUT2D eigenvalue weighted by molar-refractivity contribution is -0.120. The normalized spacial score (nSPS) is 11.1. The zero-order valence-corrected chi connectivity index (χ0v) is 22.4. The number of benzene rings is 3.